The summed E-state index contributed by atoms with van der Waals surface area (Å²) in [7, 11) is 0. The van der Waals surface area contributed by atoms with Crippen molar-refractivity contribution in [1.82, 2.24) is 15.0 Å². The summed E-state index contributed by atoms with van der Waals surface area (Å²) in [5.41, 5.74) is 1.58. The van der Waals surface area contributed by atoms with Gasteiger partial charge in [-0.25, -0.2) is 9.97 Å². The maximum Gasteiger partial charge on any atom is 0.181 e. The van der Waals surface area contributed by atoms with Crippen LogP contribution in [0.2, 0.25) is 0 Å². The molecule has 1 aliphatic heterocycles. The van der Waals surface area contributed by atoms with Crippen molar-refractivity contribution in [3.8, 4) is 0 Å². The van der Waals surface area contributed by atoms with Gasteiger partial charge in [-0.2, -0.15) is 0 Å². The Hall–Kier alpha value is -2.30. The van der Waals surface area contributed by atoms with E-state index < -0.39 is 0 Å². The van der Waals surface area contributed by atoms with Gasteiger partial charge in [0.1, 0.15) is 12.0 Å². The lowest BCUT2D eigenvalue weighted by Gasteiger charge is -2.40. The second-order valence-electron chi connectivity index (χ2n) is 4.71. The van der Waals surface area contributed by atoms with E-state index in [4.69, 9.17) is 0 Å². The smallest absolute Gasteiger partial charge is 0.181 e. The van der Waals surface area contributed by atoms with Gasteiger partial charge >= 0.3 is 0 Å². The number of pyridine rings is 1. The van der Waals surface area contributed by atoms with E-state index in [0.717, 1.165) is 18.8 Å². The second kappa shape index (κ2) is 5.14. The minimum atomic E-state index is 0.120. The topological polar surface area (TPSA) is 59.0 Å². The number of Topliss-reactive ketones (excluding diaryl/α,β-unsaturated/α-hetero) is 1. The van der Waals surface area contributed by atoms with Crippen molar-refractivity contribution in [1.29, 1.82) is 0 Å². The van der Waals surface area contributed by atoms with Crippen LogP contribution in [0, 0.1) is 5.92 Å². The molecule has 0 aliphatic carbocycles. The molecule has 0 spiro atoms. The van der Waals surface area contributed by atoms with Gasteiger partial charge in [-0.1, -0.05) is 6.07 Å². The SMILES string of the molecule is O=C(CC1CN(c2cncnc2)C1)c1ccccn1. The zero-order valence-electron chi connectivity index (χ0n) is 10.4. The summed E-state index contributed by atoms with van der Waals surface area (Å²) in [5, 5.41) is 0. The molecule has 3 heterocycles. The van der Waals surface area contributed by atoms with Gasteiger partial charge in [0.2, 0.25) is 0 Å². The Morgan fingerprint density at radius 2 is 2.05 bits per heavy atom. The first kappa shape index (κ1) is 11.8. The number of anilines is 1. The molecule has 0 N–H and O–H groups in total. The van der Waals surface area contributed by atoms with Crippen LogP contribution in [0.3, 0.4) is 0 Å². The van der Waals surface area contributed by atoms with E-state index >= 15 is 0 Å². The number of rotatable bonds is 4. The Bertz CT molecular complexity index is 552. The van der Waals surface area contributed by atoms with Crippen molar-refractivity contribution in [3.63, 3.8) is 0 Å². The minimum Gasteiger partial charge on any atom is -0.368 e. The van der Waals surface area contributed by atoms with E-state index in [1.165, 1.54) is 6.33 Å². The highest BCUT2D eigenvalue weighted by Gasteiger charge is 2.29. The number of hydrogen-bond acceptors (Lipinski definition) is 5. The number of aromatic nitrogens is 3. The van der Waals surface area contributed by atoms with E-state index in [9.17, 15) is 4.79 Å². The van der Waals surface area contributed by atoms with E-state index in [-0.39, 0.29) is 5.78 Å². The first-order valence-electron chi connectivity index (χ1n) is 6.27. The molecular weight excluding hydrogens is 240 g/mol. The third kappa shape index (κ3) is 2.59. The third-order valence-electron chi connectivity index (χ3n) is 3.29. The van der Waals surface area contributed by atoms with Crippen molar-refractivity contribution in [3.05, 3.63) is 48.8 Å². The lowest BCUT2D eigenvalue weighted by Crippen LogP contribution is -2.47. The minimum absolute atomic E-state index is 0.120. The molecule has 0 unspecified atom stereocenters. The fourth-order valence-electron chi connectivity index (χ4n) is 2.26. The Morgan fingerprint density at radius 3 is 2.74 bits per heavy atom. The van der Waals surface area contributed by atoms with Gasteiger partial charge in [0.25, 0.3) is 0 Å². The highest BCUT2D eigenvalue weighted by atomic mass is 16.1. The van der Waals surface area contributed by atoms with Crippen LogP contribution in [0.1, 0.15) is 16.9 Å². The van der Waals surface area contributed by atoms with Crippen LogP contribution < -0.4 is 4.90 Å². The van der Waals surface area contributed by atoms with Gasteiger partial charge in [-0.05, 0) is 12.1 Å². The largest absolute Gasteiger partial charge is 0.368 e. The molecule has 19 heavy (non-hydrogen) atoms. The average Bonchev–Trinajstić information content (AvgIpc) is 2.44. The van der Waals surface area contributed by atoms with E-state index in [1.54, 1.807) is 24.7 Å². The zero-order valence-corrected chi connectivity index (χ0v) is 10.4. The van der Waals surface area contributed by atoms with Crippen molar-refractivity contribution < 1.29 is 4.79 Å². The lowest BCUT2D eigenvalue weighted by atomic mass is 9.93. The number of nitrogens with zero attached hydrogens (tertiary/aromatic N) is 4. The Labute approximate surface area is 111 Å². The number of ketones is 1. The van der Waals surface area contributed by atoms with Crippen molar-refractivity contribution in [2.45, 2.75) is 6.42 Å². The first-order valence-corrected chi connectivity index (χ1v) is 6.27. The lowest BCUT2D eigenvalue weighted by molar-refractivity contribution is 0.0948. The molecule has 1 aliphatic rings. The zero-order chi connectivity index (χ0) is 13.1. The Kier molecular flexibility index (Phi) is 3.18. The molecule has 0 amide bonds. The quantitative estimate of drug-likeness (QED) is 0.775. The molecule has 2 aromatic heterocycles. The molecule has 0 aromatic carbocycles. The first-order chi connectivity index (χ1) is 9.33. The summed E-state index contributed by atoms with van der Waals surface area (Å²) in [6, 6.07) is 5.43. The number of carbonyl (C=O) groups is 1. The molecule has 0 saturated carbocycles. The van der Waals surface area contributed by atoms with E-state index in [0.29, 0.717) is 18.0 Å². The molecule has 0 atom stereocenters. The number of carbonyl (C=O) groups excluding carboxylic acids is 1. The van der Waals surface area contributed by atoms with Crippen LogP contribution >= 0.6 is 0 Å². The fraction of sp³-hybridized carbons (Fsp3) is 0.286. The van der Waals surface area contributed by atoms with Gasteiger partial charge in [0.15, 0.2) is 5.78 Å². The van der Waals surface area contributed by atoms with Crippen LogP contribution in [0.5, 0.6) is 0 Å². The molecule has 1 saturated heterocycles. The summed E-state index contributed by atoms with van der Waals surface area (Å²) in [5.74, 6) is 0.518. The monoisotopic (exact) mass is 254 g/mol. The molecule has 2 aromatic rings. The molecule has 1 fully saturated rings. The van der Waals surface area contributed by atoms with Gasteiger partial charge in [0, 0.05) is 31.6 Å². The summed E-state index contributed by atoms with van der Waals surface area (Å²) < 4.78 is 0. The number of hydrogen-bond donors (Lipinski definition) is 0. The fourth-order valence-corrected chi connectivity index (χ4v) is 2.26. The standard InChI is InChI=1S/C14H14N4O/c19-14(13-3-1-2-4-17-13)5-11-8-18(9-11)12-6-15-10-16-7-12/h1-4,6-7,10-11H,5,8-9H2. The molecular formula is C14H14N4O. The van der Waals surface area contributed by atoms with Crippen molar-refractivity contribution >= 4 is 11.5 Å². The Morgan fingerprint density at radius 1 is 1.26 bits per heavy atom. The van der Waals surface area contributed by atoms with Gasteiger partial charge in [0.05, 0.1) is 18.1 Å². The molecule has 3 rings (SSSR count). The van der Waals surface area contributed by atoms with Gasteiger partial charge in [-0.3, -0.25) is 9.78 Å². The van der Waals surface area contributed by atoms with Crippen molar-refractivity contribution in [2.24, 2.45) is 5.92 Å². The van der Waals surface area contributed by atoms with Crippen LogP contribution in [0.15, 0.2) is 43.1 Å². The summed E-state index contributed by atoms with van der Waals surface area (Å²) in [6.07, 6.45) is 7.32. The van der Waals surface area contributed by atoms with E-state index in [2.05, 4.69) is 19.9 Å². The normalized spacial score (nSPS) is 15.1. The predicted molar refractivity (Wildman–Crippen MR) is 70.9 cm³/mol. The highest BCUT2D eigenvalue weighted by Crippen LogP contribution is 2.25. The maximum atomic E-state index is 12.0. The average molecular weight is 254 g/mol. The van der Waals surface area contributed by atoms with Gasteiger partial charge < -0.3 is 4.90 Å². The maximum absolute atomic E-state index is 12.0. The van der Waals surface area contributed by atoms with E-state index in [1.807, 2.05) is 12.1 Å². The second-order valence-corrected chi connectivity index (χ2v) is 4.71. The predicted octanol–water partition coefficient (Wildman–Crippen LogP) is 1.58. The molecule has 0 bridgehead atoms. The van der Waals surface area contributed by atoms with Gasteiger partial charge in [-0.15, -0.1) is 0 Å². The molecule has 5 heteroatoms. The van der Waals surface area contributed by atoms with Crippen LogP contribution in [-0.2, 0) is 0 Å². The molecule has 5 nitrogen and oxygen atoms in total. The third-order valence-corrected chi connectivity index (χ3v) is 3.29. The summed E-state index contributed by atoms with van der Waals surface area (Å²) in [6.45, 7) is 1.76. The van der Waals surface area contributed by atoms with Crippen LogP contribution in [-0.4, -0.2) is 33.8 Å². The van der Waals surface area contributed by atoms with Crippen molar-refractivity contribution in [2.75, 3.05) is 18.0 Å². The highest BCUT2D eigenvalue weighted by molar-refractivity contribution is 5.94. The summed E-state index contributed by atoms with van der Waals surface area (Å²) in [4.78, 5) is 26.2. The van der Waals surface area contributed by atoms with Crippen LogP contribution in [0.4, 0.5) is 5.69 Å². The molecule has 0 radical (unpaired) electrons. The molecule has 96 valence electrons. The Balaban J connectivity index is 1.54. The van der Waals surface area contributed by atoms with Crippen LogP contribution in [0.25, 0.3) is 0 Å². The summed E-state index contributed by atoms with van der Waals surface area (Å²) >= 11 is 0.